The molecule has 0 atom stereocenters. The van der Waals surface area contributed by atoms with Crippen LogP contribution in [0.2, 0.25) is 0 Å². The van der Waals surface area contributed by atoms with Gasteiger partial charge in [-0.1, -0.05) is 12.1 Å². The first kappa shape index (κ1) is 20.5. The third kappa shape index (κ3) is 4.70. The van der Waals surface area contributed by atoms with Crippen LogP contribution in [0.1, 0.15) is 13.3 Å². The molecule has 4 rings (SSSR count). The number of nitrogens with zero attached hydrogens (tertiary/aromatic N) is 4. The molecule has 7 nitrogen and oxygen atoms in total. The molecule has 2 aliphatic heterocycles. The molecule has 0 bridgehead atoms. The van der Waals surface area contributed by atoms with Crippen LogP contribution in [0, 0.1) is 0 Å². The van der Waals surface area contributed by atoms with Crippen LogP contribution in [0.5, 0.6) is 5.75 Å². The van der Waals surface area contributed by atoms with Gasteiger partial charge in [0, 0.05) is 45.8 Å². The average molecular weight is 428 g/mol. The van der Waals surface area contributed by atoms with Crippen molar-refractivity contribution < 1.29 is 9.53 Å². The van der Waals surface area contributed by atoms with Crippen molar-refractivity contribution in [2.24, 2.45) is 4.99 Å². The second-order valence-corrected chi connectivity index (χ2v) is 8.24. The first-order valence-electron chi connectivity index (χ1n) is 10.6. The number of thiophene rings is 1. The van der Waals surface area contributed by atoms with E-state index in [0.29, 0.717) is 13.1 Å². The molecule has 1 amide bonds. The number of carbonyl (C=O) groups excluding carboxylic acids is 1. The van der Waals surface area contributed by atoms with E-state index >= 15 is 0 Å². The highest BCUT2D eigenvalue weighted by Crippen LogP contribution is 2.31. The summed E-state index contributed by atoms with van der Waals surface area (Å²) in [5.41, 5.74) is 0.856. The second kappa shape index (κ2) is 9.84. The molecular weight excluding hydrogens is 398 g/mol. The molecule has 3 heterocycles. The van der Waals surface area contributed by atoms with Crippen LogP contribution in [0.15, 0.2) is 46.8 Å². The molecule has 8 heteroatoms. The third-order valence-electron chi connectivity index (χ3n) is 5.34. The highest BCUT2D eigenvalue weighted by Gasteiger charge is 2.24. The number of benzene rings is 1. The zero-order valence-electron chi connectivity index (χ0n) is 17.4. The Hall–Kier alpha value is -2.74. The first-order valence-corrected chi connectivity index (χ1v) is 11.5. The average Bonchev–Trinajstić information content (AvgIpc) is 3.32. The summed E-state index contributed by atoms with van der Waals surface area (Å²) >= 11 is 1.80. The van der Waals surface area contributed by atoms with Gasteiger partial charge >= 0.3 is 0 Å². The van der Waals surface area contributed by atoms with Crippen LogP contribution in [0.25, 0.3) is 0 Å². The number of fused-ring (bicyclic) bond motifs is 1. The maximum Gasteiger partial charge on any atom is 0.265 e. The fourth-order valence-electron chi connectivity index (χ4n) is 3.83. The van der Waals surface area contributed by atoms with Gasteiger partial charge < -0.3 is 24.8 Å². The van der Waals surface area contributed by atoms with E-state index in [1.165, 1.54) is 5.00 Å². The number of guanidine groups is 1. The summed E-state index contributed by atoms with van der Waals surface area (Å²) in [6.07, 6.45) is 0.810. The zero-order chi connectivity index (χ0) is 20.8. The molecule has 1 aromatic carbocycles. The van der Waals surface area contributed by atoms with Crippen molar-refractivity contribution in [1.29, 1.82) is 0 Å². The summed E-state index contributed by atoms with van der Waals surface area (Å²) in [6.45, 7) is 8.30. The van der Waals surface area contributed by atoms with E-state index in [0.717, 1.165) is 56.5 Å². The van der Waals surface area contributed by atoms with Gasteiger partial charge in [0.2, 0.25) is 0 Å². The minimum Gasteiger partial charge on any atom is -0.482 e. The largest absolute Gasteiger partial charge is 0.482 e. The first-order chi connectivity index (χ1) is 14.8. The van der Waals surface area contributed by atoms with Crippen LogP contribution in [0.3, 0.4) is 0 Å². The number of anilines is 2. The minimum atomic E-state index is 0.00860. The normalized spacial score (nSPS) is 17.0. The molecular formula is C22H29N5O2S. The Morgan fingerprint density at radius 1 is 1.17 bits per heavy atom. The van der Waals surface area contributed by atoms with E-state index in [2.05, 4.69) is 39.6 Å². The maximum atomic E-state index is 12.3. The summed E-state index contributed by atoms with van der Waals surface area (Å²) in [4.78, 5) is 23.7. The van der Waals surface area contributed by atoms with E-state index in [1.807, 2.05) is 29.2 Å². The molecule has 1 saturated heterocycles. The predicted octanol–water partition coefficient (Wildman–Crippen LogP) is 2.65. The zero-order valence-corrected chi connectivity index (χ0v) is 18.2. The summed E-state index contributed by atoms with van der Waals surface area (Å²) < 4.78 is 5.52. The fraction of sp³-hybridized carbons (Fsp3) is 0.455. The molecule has 0 radical (unpaired) electrons. The Morgan fingerprint density at radius 3 is 2.77 bits per heavy atom. The number of aliphatic imine (C=N–C) groups is 1. The van der Waals surface area contributed by atoms with Crippen molar-refractivity contribution in [3.8, 4) is 5.75 Å². The molecule has 0 spiro atoms. The third-order valence-corrected chi connectivity index (χ3v) is 6.27. The summed E-state index contributed by atoms with van der Waals surface area (Å²) in [5.74, 6) is 1.75. The van der Waals surface area contributed by atoms with Gasteiger partial charge in [0.25, 0.3) is 5.91 Å². The van der Waals surface area contributed by atoms with Crippen molar-refractivity contribution in [2.75, 3.05) is 62.2 Å². The molecule has 2 aromatic rings. The molecule has 30 heavy (non-hydrogen) atoms. The Morgan fingerprint density at radius 2 is 2.00 bits per heavy atom. The lowest BCUT2D eigenvalue weighted by Crippen LogP contribution is -2.52. The Bertz CT molecular complexity index is 862. The van der Waals surface area contributed by atoms with Gasteiger partial charge in [-0.15, -0.1) is 11.3 Å². The molecule has 2 aliphatic rings. The van der Waals surface area contributed by atoms with Crippen molar-refractivity contribution in [1.82, 2.24) is 10.2 Å². The predicted molar refractivity (Wildman–Crippen MR) is 123 cm³/mol. The second-order valence-electron chi connectivity index (χ2n) is 7.32. The van der Waals surface area contributed by atoms with Gasteiger partial charge in [0.05, 0.1) is 10.7 Å². The summed E-state index contributed by atoms with van der Waals surface area (Å²) in [6, 6.07) is 12.0. The standard InChI is InChI=1S/C22H29N5O2S/c1-2-23-22(26-14-12-25(13-15-26)21-9-5-16-30-21)24-10-6-11-27-18-7-3-4-8-19(18)29-17-20(27)28/h3-5,7-9,16H,2,6,10-15,17H2,1H3,(H,23,24). The summed E-state index contributed by atoms with van der Waals surface area (Å²) in [7, 11) is 0. The number of para-hydroxylation sites is 2. The number of amides is 1. The number of piperazine rings is 1. The molecule has 1 aromatic heterocycles. The number of rotatable bonds is 6. The lowest BCUT2D eigenvalue weighted by molar-refractivity contribution is -0.121. The topological polar surface area (TPSA) is 60.4 Å². The lowest BCUT2D eigenvalue weighted by atomic mass is 10.2. The van der Waals surface area contributed by atoms with Gasteiger partial charge in [0.1, 0.15) is 5.75 Å². The molecule has 0 aliphatic carbocycles. The lowest BCUT2D eigenvalue weighted by Gasteiger charge is -2.37. The smallest absolute Gasteiger partial charge is 0.265 e. The molecule has 0 unspecified atom stereocenters. The van der Waals surface area contributed by atoms with Crippen molar-refractivity contribution in [2.45, 2.75) is 13.3 Å². The Balaban J connectivity index is 1.31. The minimum absolute atomic E-state index is 0.00860. The van der Waals surface area contributed by atoms with Crippen LogP contribution >= 0.6 is 11.3 Å². The number of nitrogens with one attached hydrogen (secondary N) is 1. The molecule has 1 fully saturated rings. The van der Waals surface area contributed by atoms with E-state index in [1.54, 1.807) is 11.3 Å². The van der Waals surface area contributed by atoms with E-state index in [9.17, 15) is 4.79 Å². The Kier molecular flexibility index (Phi) is 6.74. The SMILES string of the molecule is CCNC(=NCCCN1C(=O)COc2ccccc21)N1CCN(c2cccs2)CC1. The monoisotopic (exact) mass is 427 g/mol. The van der Waals surface area contributed by atoms with Gasteiger partial charge in [0.15, 0.2) is 12.6 Å². The molecule has 1 N–H and O–H groups in total. The van der Waals surface area contributed by atoms with Crippen LogP contribution in [-0.4, -0.2) is 69.2 Å². The number of hydrogen-bond donors (Lipinski definition) is 1. The van der Waals surface area contributed by atoms with Crippen molar-refractivity contribution in [3.05, 3.63) is 41.8 Å². The highest BCUT2D eigenvalue weighted by atomic mass is 32.1. The summed E-state index contributed by atoms with van der Waals surface area (Å²) in [5, 5.41) is 6.89. The number of hydrogen-bond acceptors (Lipinski definition) is 5. The van der Waals surface area contributed by atoms with Crippen LogP contribution in [-0.2, 0) is 4.79 Å². The van der Waals surface area contributed by atoms with Crippen LogP contribution < -0.4 is 19.9 Å². The van der Waals surface area contributed by atoms with Crippen molar-refractivity contribution >= 4 is 33.9 Å². The Labute approximate surface area is 181 Å². The van der Waals surface area contributed by atoms with Gasteiger partial charge in [-0.25, -0.2) is 0 Å². The van der Waals surface area contributed by atoms with Crippen molar-refractivity contribution in [3.63, 3.8) is 0 Å². The van der Waals surface area contributed by atoms with E-state index in [-0.39, 0.29) is 12.5 Å². The number of ether oxygens (including phenoxy) is 1. The van der Waals surface area contributed by atoms with E-state index in [4.69, 9.17) is 9.73 Å². The quantitative estimate of drug-likeness (QED) is 0.436. The van der Waals surface area contributed by atoms with Gasteiger partial charge in [-0.2, -0.15) is 0 Å². The number of carbonyl (C=O) groups is 1. The van der Waals surface area contributed by atoms with Gasteiger partial charge in [-0.3, -0.25) is 9.79 Å². The van der Waals surface area contributed by atoms with E-state index < -0.39 is 0 Å². The maximum absolute atomic E-state index is 12.3. The fourth-order valence-corrected chi connectivity index (χ4v) is 4.61. The molecule has 0 saturated carbocycles. The highest BCUT2D eigenvalue weighted by molar-refractivity contribution is 7.14. The van der Waals surface area contributed by atoms with Gasteiger partial charge in [-0.05, 0) is 43.0 Å². The van der Waals surface area contributed by atoms with Crippen LogP contribution in [0.4, 0.5) is 10.7 Å². The molecule has 160 valence electrons.